The van der Waals surface area contributed by atoms with Crippen molar-refractivity contribution in [1.82, 2.24) is 4.98 Å². The average Bonchev–Trinajstić information content (AvgIpc) is 2.18. The molecule has 0 fully saturated rings. The van der Waals surface area contributed by atoms with Crippen LogP contribution < -0.4 is 0 Å². The molecule has 0 unspecified atom stereocenters. The summed E-state index contributed by atoms with van der Waals surface area (Å²) < 4.78 is 21.9. The van der Waals surface area contributed by atoms with Crippen molar-refractivity contribution in [3.05, 3.63) is 24.5 Å². The van der Waals surface area contributed by atoms with Crippen molar-refractivity contribution in [2.75, 3.05) is 0 Å². The minimum Gasteiger partial charge on any atom is -0.480 e. The second-order valence-corrected chi connectivity index (χ2v) is 6.00. The molecule has 1 heterocycles. The number of hydrogen-bond donors (Lipinski definition) is 1. The summed E-state index contributed by atoms with van der Waals surface area (Å²) in [4.78, 5) is 14.5. The molecule has 0 atom stereocenters. The third kappa shape index (κ3) is 1.85. The lowest BCUT2D eigenvalue weighted by atomic mass is 10.2. The number of nitrogens with zero attached hydrogens (tertiary/aromatic N) is 1. The van der Waals surface area contributed by atoms with Crippen LogP contribution in [-0.2, 0) is 14.6 Å². The zero-order chi connectivity index (χ0) is 11.7. The van der Waals surface area contributed by atoms with Gasteiger partial charge in [0.1, 0.15) is 0 Å². The number of rotatable bonds is 3. The predicted octanol–water partition coefficient (Wildman–Crippen LogP) is 0.719. The lowest BCUT2D eigenvalue weighted by molar-refractivity contribution is -0.139. The van der Waals surface area contributed by atoms with Crippen LogP contribution in [0.1, 0.15) is 13.8 Å². The molecule has 15 heavy (non-hydrogen) atoms. The Bertz CT molecular complexity index is 464. The largest absolute Gasteiger partial charge is 0.480 e. The smallest absolute Gasteiger partial charge is 0.324 e. The summed E-state index contributed by atoms with van der Waals surface area (Å²) in [7, 11) is -3.88. The zero-order valence-corrected chi connectivity index (χ0v) is 9.15. The van der Waals surface area contributed by atoms with E-state index in [1.807, 2.05) is 0 Å². The highest BCUT2D eigenvalue weighted by atomic mass is 32.2. The van der Waals surface area contributed by atoms with Gasteiger partial charge in [-0.05, 0) is 26.0 Å². The predicted molar refractivity (Wildman–Crippen MR) is 53.1 cm³/mol. The van der Waals surface area contributed by atoms with Gasteiger partial charge in [0.2, 0.25) is 0 Å². The van der Waals surface area contributed by atoms with Gasteiger partial charge < -0.3 is 5.11 Å². The molecule has 0 saturated heterocycles. The van der Waals surface area contributed by atoms with Gasteiger partial charge in [-0.3, -0.25) is 9.78 Å². The molecule has 0 bridgehead atoms. The summed E-state index contributed by atoms with van der Waals surface area (Å²) in [6.07, 6.45) is 2.62. The van der Waals surface area contributed by atoms with E-state index in [9.17, 15) is 13.2 Å². The molecule has 0 radical (unpaired) electrons. The van der Waals surface area contributed by atoms with Crippen LogP contribution in [0.5, 0.6) is 0 Å². The van der Waals surface area contributed by atoms with Crippen LogP contribution in [-0.4, -0.2) is 29.2 Å². The minimum atomic E-state index is -3.88. The number of carboxylic acid groups (broad SMARTS) is 1. The molecule has 0 aromatic carbocycles. The SMILES string of the molecule is CC(C)(C(=O)O)S(=O)(=O)c1ccncc1. The molecule has 1 N–H and O–H groups in total. The fourth-order valence-corrected chi connectivity index (χ4v) is 2.23. The molecule has 0 amide bonds. The molecule has 1 rings (SSSR count). The van der Waals surface area contributed by atoms with Crippen LogP contribution in [0.4, 0.5) is 0 Å². The maximum absolute atomic E-state index is 11.9. The Hall–Kier alpha value is -1.43. The summed E-state index contributed by atoms with van der Waals surface area (Å²) in [5.41, 5.74) is 0. The quantitative estimate of drug-likeness (QED) is 0.825. The number of carboxylic acids is 1. The Morgan fingerprint density at radius 1 is 1.33 bits per heavy atom. The van der Waals surface area contributed by atoms with Crippen LogP contribution in [0.25, 0.3) is 0 Å². The van der Waals surface area contributed by atoms with Crippen LogP contribution in [0, 0.1) is 0 Å². The van der Waals surface area contributed by atoms with Gasteiger partial charge in [-0.1, -0.05) is 0 Å². The first-order chi connectivity index (χ1) is 6.80. The number of pyridine rings is 1. The average molecular weight is 229 g/mol. The Morgan fingerprint density at radius 3 is 2.20 bits per heavy atom. The Labute approximate surface area is 87.7 Å². The molecule has 0 aliphatic carbocycles. The van der Waals surface area contributed by atoms with Gasteiger partial charge in [-0.15, -0.1) is 0 Å². The third-order valence-corrected chi connectivity index (χ3v) is 4.56. The Kier molecular flexibility index (Phi) is 2.81. The highest BCUT2D eigenvalue weighted by Crippen LogP contribution is 2.24. The number of aromatic nitrogens is 1. The van der Waals surface area contributed by atoms with Gasteiger partial charge >= 0.3 is 5.97 Å². The van der Waals surface area contributed by atoms with Crippen LogP contribution in [0.2, 0.25) is 0 Å². The molecule has 0 aliphatic rings. The van der Waals surface area contributed by atoms with E-state index in [2.05, 4.69) is 4.98 Å². The maximum Gasteiger partial charge on any atom is 0.324 e. The third-order valence-electron chi connectivity index (χ3n) is 2.15. The highest BCUT2D eigenvalue weighted by Gasteiger charge is 2.42. The van der Waals surface area contributed by atoms with Gasteiger partial charge in [-0.25, -0.2) is 8.42 Å². The molecule has 0 aliphatic heterocycles. The van der Waals surface area contributed by atoms with Gasteiger partial charge in [0, 0.05) is 12.4 Å². The summed E-state index contributed by atoms with van der Waals surface area (Å²) in [6, 6.07) is 2.56. The fourth-order valence-electron chi connectivity index (χ4n) is 0.927. The van der Waals surface area contributed by atoms with E-state index in [0.717, 1.165) is 13.8 Å². The number of carbonyl (C=O) groups is 1. The van der Waals surface area contributed by atoms with Crippen LogP contribution in [0.15, 0.2) is 29.4 Å². The first-order valence-corrected chi connectivity index (χ1v) is 5.66. The van der Waals surface area contributed by atoms with E-state index in [1.165, 1.54) is 24.5 Å². The molecular weight excluding hydrogens is 218 g/mol. The highest BCUT2D eigenvalue weighted by molar-refractivity contribution is 7.93. The van der Waals surface area contributed by atoms with Gasteiger partial charge in [0.05, 0.1) is 4.90 Å². The lowest BCUT2D eigenvalue weighted by Crippen LogP contribution is -2.40. The molecule has 82 valence electrons. The number of sulfone groups is 1. The molecular formula is C9H11NO4S. The lowest BCUT2D eigenvalue weighted by Gasteiger charge is -2.19. The molecule has 6 heteroatoms. The van der Waals surface area contributed by atoms with E-state index in [0.29, 0.717) is 0 Å². The van der Waals surface area contributed by atoms with Crippen molar-refractivity contribution in [1.29, 1.82) is 0 Å². The summed E-state index contributed by atoms with van der Waals surface area (Å²) in [5, 5.41) is 8.84. The van der Waals surface area contributed by atoms with E-state index >= 15 is 0 Å². The second-order valence-electron chi connectivity index (χ2n) is 3.50. The van der Waals surface area contributed by atoms with Gasteiger partial charge in [-0.2, -0.15) is 0 Å². The van der Waals surface area contributed by atoms with E-state index in [-0.39, 0.29) is 4.90 Å². The van der Waals surface area contributed by atoms with Gasteiger partial charge in [0.15, 0.2) is 14.6 Å². The first-order valence-electron chi connectivity index (χ1n) is 4.18. The summed E-state index contributed by atoms with van der Waals surface area (Å²) in [6.45, 7) is 2.32. The van der Waals surface area contributed by atoms with Crippen LogP contribution in [0.3, 0.4) is 0 Å². The Morgan fingerprint density at radius 2 is 1.80 bits per heavy atom. The van der Waals surface area contributed by atoms with Crippen molar-refractivity contribution in [3.63, 3.8) is 0 Å². The van der Waals surface area contributed by atoms with Crippen LogP contribution >= 0.6 is 0 Å². The van der Waals surface area contributed by atoms with Crippen molar-refractivity contribution in [3.8, 4) is 0 Å². The number of hydrogen-bond acceptors (Lipinski definition) is 4. The molecule has 1 aromatic rings. The summed E-state index contributed by atoms with van der Waals surface area (Å²) in [5.74, 6) is -1.38. The fraction of sp³-hybridized carbons (Fsp3) is 0.333. The second kappa shape index (κ2) is 3.62. The molecule has 1 aromatic heterocycles. The molecule has 5 nitrogen and oxygen atoms in total. The van der Waals surface area contributed by atoms with Crippen molar-refractivity contribution in [2.24, 2.45) is 0 Å². The van der Waals surface area contributed by atoms with E-state index in [1.54, 1.807) is 0 Å². The monoisotopic (exact) mass is 229 g/mol. The Balaban J connectivity index is 3.33. The van der Waals surface area contributed by atoms with Crippen molar-refractivity contribution >= 4 is 15.8 Å². The topological polar surface area (TPSA) is 84.3 Å². The molecule has 0 saturated carbocycles. The van der Waals surface area contributed by atoms with E-state index < -0.39 is 20.6 Å². The van der Waals surface area contributed by atoms with Gasteiger partial charge in [0.25, 0.3) is 0 Å². The summed E-state index contributed by atoms with van der Waals surface area (Å²) >= 11 is 0. The standard InChI is InChI=1S/C9H11NO4S/c1-9(2,8(11)12)15(13,14)7-3-5-10-6-4-7/h3-6H,1-2H3,(H,11,12). The van der Waals surface area contributed by atoms with E-state index in [4.69, 9.17) is 5.11 Å². The normalized spacial score (nSPS) is 12.4. The number of aliphatic carboxylic acids is 1. The van der Waals surface area contributed by atoms with Crippen molar-refractivity contribution < 1.29 is 18.3 Å². The zero-order valence-electron chi connectivity index (χ0n) is 8.34. The molecule has 0 spiro atoms. The first kappa shape index (κ1) is 11.6. The maximum atomic E-state index is 11.9. The van der Waals surface area contributed by atoms with Crippen molar-refractivity contribution in [2.45, 2.75) is 23.5 Å². The minimum absolute atomic E-state index is 0.0371.